The number of thiocarbonyl (C=S) groups is 1. The van der Waals surface area contributed by atoms with Crippen molar-refractivity contribution in [3.05, 3.63) is 53.1 Å². The number of benzene rings is 2. The Bertz CT molecular complexity index is 856. The second kappa shape index (κ2) is 10.6. The zero-order valence-corrected chi connectivity index (χ0v) is 17.2. The molecule has 2 aromatic carbocycles. The molecule has 2 amide bonds. The lowest BCUT2D eigenvalue weighted by Crippen LogP contribution is -2.34. The predicted molar refractivity (Wildman–Crippen MR) is 116 cm³/mol. The van der Waals surface area contributed by atoms with Gasteiger partial charge in [-0.25, -0.2) is 0 Å². The second-order valence-electron chi connectivity index (χ2n) is 5.86. The molecule has 0 unspecified atom stereocenters. The highest BCUT2D eigenvalue weighted by atomic mass is 35.5. The SMILES string of the molecule is CCCC(=O)Nc1ccc(Cl)c(NC(=S)NC(=O)c2ccc(OCC)cc2)c1. The molecule has 2 aromatic rings. The van der Waals surface area contributed by atoms with Crippen LogP contribution in [0.25, 0.3) is 0 Å². The molecule has 6 nitrogen and oxygen atoms in total. The summed E-state index contributed by atoms with van der Waals surface area (Å²) in [5.74, 6) is 0.250. The van der Waals surface area contributed by atoms with Crippen molar-refractivity contribution < 1.29 is 14.3 Å². The Morgan fingerprint density at radius 3 is 2.43 bits per heavy atom. The molecule has 0 fully saturated rings. The number of ether oxygens (including phenoxy) is 1. The van der Waals surface area contributed by atoms with Gasteiger partial charge in [0.2, 0.25) is 5.91 Å². The highest BCUT2D eigenvalue weighted by molar-refractivity contribution is 7.80. The van der Waals surface area contributed by atoms with Gasteiger partial charge in [-0.1, -0.05) is 18.5 Å². The molecule has 2 rings (SSSR count). The lowest BCUT2D eigenvalue weighted by atomic mass is 10.2. The van der Waals surface area contributed by atoms with E-state index in [1.807, 2.05) is 13.8 Å². The van der Waals surface area contributed by atoms with Gasteiger partial charge in [0, 0.05) is 17.7 Å². The molecule has 8 heteroatoms. The van der Waals surface area contributed by atoms with Crippen LogP contribution in [-0.4, -0.2) is 23.5 Å². The molecule has 148 valence electrons. The number of amides is 2. The van der Waals surface area contributed by atoms with Crippen LogP contribution in [0.4, 0.5) is 11.4 Å². The normalized spacial score (nSPS) is 10.1. The first-order valence-electron chi connectivity index (χ1n) is 8.87. The molecular weight excluding hydrogens is 398 g/mol. The molecule has 0 radical (unpaired) electrons. The van der Waals surface area contributed by atoms with Gasteiger partial charge >= 0.3 is 0 Å². The van der Waals surface area contributed by atoms with Crippen LogP contribution in [-0.2, 0) is 4.79 Å². The van der Waals surface area contributed by atoms with E-state index in [2.05, 4.69) is 16.0 Å². The van der Waals surface area contributed by atoms with Crippen LogP contribution in [0.2, 0.25) is 5.02 Å². The number of carbonyl (C=O) groups is 2. The Hall–Kier alpha value is -2.64. The summed E-state index contributed by atoms with van der Waals surface area (Å²) in [6.45, 7) is 4.37. The standard InChI is InChI=1S/C20H22ClN3O3S/c1-3-5-18(25)22-14-8-11-16(21)17(12-14)23-20(28)24-19(26)13-6-9-15(10-7-13)27-4-2/h6-12H,3-5H2,1-2H3,(H,22,25)(H2,23,24,26,28). The molecule has 0 saturated carbocycles. The van der Waals surface area contributed by atoms with Crippen LogP contribution in [0.1, 0.15) is 37.0 Å². The molecule has 0 atom stereocenters. The fraction of sp³-hybridized carbons (Fsp3) is 0.250. The van der Waals surface area contributed by atoms with Crippen molar-refractivity contribution in [1.82, 2.24) is 5.32 Å². The van der Waals surface area contributed by atoms with Gasteiger partial charge in [0.25, 0.3) is 5.91 Å². The third kappa shape index (κ3) is 6.51. The van der Waals surface area contributed by atoms with Crippen LogP contribution in [0.15, 0.2) is 42.5 Å². The van der Waals surface area contributed by atoms with E-state index in [1.54, 1.807) is 42.5 Å². The predicted octanol–water partition coefficient (Wildman–Crippen LogP) is 4.60. The Labute approximate surface area is 174 Å². The first kappa shape index (κ1) is 21.7. The highest BCUT2D eigenvalue weighted by Gasteiger charge is 2.11. The minimum absolute atomic E-state index is 0.0813. The lowest BCUT2D eigenvalue weighted by Gasteiger charge is -2.13. The van der Waals surface area contributed by atoms with E-state index in [1.165, 1.54) is 0 Å². The monoisotopic (exact) mass is 419 g/mol. The first-order valence-corrected chi connectivity index (χ1v) is 9.66. The smallest absolute Gasteiger partial charge is 0.257 e. The topological polar surface area (TPSA) is 79.5 Å². The molecule has 0 spiro atoms. The van der Waals surface area contributed by atoms with Crippen molar-refractivity contribution >= 4 is 52.1 Å². The number of anilines is 2. The summed E-state index contributed by atoms with van der Waals surface area (Å²) in [5.41, 5.74) is 1.51. The molecule has 0 aliphatic carbocycles. The molecule has 28 heavy (non-hydrogen) atoms. The van der Waals surface area contributed by atoms with Crippen LogP contribution in [0, 0.1) is 0 Å². The van der Waals surface area contributed by atoms with Crippen molar-refractivity contribution in [2.24, 2.45) is 0 Å². The summed E-state index contributed by atoms with van der Waals surface area (Å²) >= 11 is 11.4. The maximum atomic E-state index is 12.3. The van der Waals surface area contributed by atoms with Gasteiger partial charge in [0.05, 0.1) is 17.3 Å². The van der Waals surface area contributed by atoms with Crippen molar-refractivity contribution in [2.75, 3.05) is 17.2 Å². The van der Waals surface area contributed by atoms with Crippen molar-refractivity contribution in [2.45, 2.75) is 26.7 Å². The quantitative estimate of drug-likeness (QED) is 0.571. The summed E-state index contributed by atoms with van der Waals surface area (Å²) < 4.78 is 5.35. The van der Waals surface area contributed by atoms with Gasteiger partial charge in [0.1, 0.15) is 5.75 Å². The van der Waals surface area contributed by atoms with Crippen LogP contribution in [0.3, 0.4) is 0 Å². The summed E-state index contributed by atoms with van der Waals surface area (Å²) in [5, 5.41) is 8.77. The zero-order chi connectivity index (χ0) is 20.5. The zero-order valence-electron chi connectivity index (χ0n) is 15.7. The van der Waals surface area contributed by atoms with Gasteiger partial charge in [-0.05, 0) is 68.0 Å². The number of hydrogen-bond acceptors (Lipinski definition) is 4. The Morgan fingerprint density at radius 2 is 1.79 bits per heavy atom. The molecule has 3 N–H and O–H groups in total. The highest BCUT2D eigenvalue weighted by Crippen LogP contribution is 2.25. The van der Waals surface area contributed by atoms with Crippen molar-refractivity contribution in [3.8, 4) is 5.75 Å². The van der Waals surface area contributed by atoms with E-state index in [9.17, 15) is 9.59 Å². The Morgan fingerprint density at radius 1 is 1.07 bits per heavy atom. The largest absolute Gasteiger partial charge is 0.494 e. The number of hydrogen-bond donors (Lipinski definition) is 3. The maximum absolute atomic E-state index is 12.3. The van der Waals surface area contributed by atoms with E-state index in [4.69, 9.17) is 28.6 Å². The summed E-state index contributed by atoms with van der Waals surface area (Å²) in [7, 11) is 0. The third-order valence-corrected chi connectivity index (χ3v) is 4.16. The van der Waals surface area contributed by atoms with E-state index in [0.717, 1.165) is 6.42 Å². The minimum atomic E-state index is -0.357. The third-order valence-electron chi connectivity index (χ3n) is 3.63. The molecule has 0 heterocycles. The molecule has 0 bridgehead atoms. The second-order valence-corrected chi connectivity index (χ2v) is 6.67. The van der Waals surface area contributed by atoms with Crippen LogP contribution in [0.5, 0.6) is 5.75 Å². The van der Waals surface area contributed by atoms with E-state index >= 15 is 0 Å². The van der Waals surface area contributed by atoms with Gasteiger partial charge in [-0.2, -0.15) is 0 Å². The average Bonchev–Trinajstić information content (AvgIpc) is 2.65. The lowest BCUT2D eigenvalue weighted by molar-refractivity contribution is -0.116. The number of rotatable bonds is 7. The number of carbonyl (C=O) groups excluding carboxylic acids is 2. The summed E-state index contributed by atoms with van der Waals surface area (Å²) in [6.07, 6.45) is 1.19. The van der Waals surface area contributed by atoms with Gasteiger partial charge in [0.15, 0.2) is 5.11 Å². The van der Waals surface area contributed by atoms with Crippen LogP contribution < -0.4 is 20.7 Å². The summed E-state index contributed by atoms with van der Waals surface area (Å²) in [4.78, 5) is 24.1. The van der Waals surface area contributed by atoms with Crippen LogP contribution >= 0.6 is 23.8 Å². The molecular formula is C20H22ClN3O3S. The number of nitrogens with one attached hydrogen (secondary N) is 3. The van der Waals surface area contributed by atoms with Gasteiger partial charge < -0.3 is 15.4 Å². The number of halogens is 1. The molecule has 0 aromatic heterocycles. The van der Waals surface area contributed by atoms with Gasteiger partial charge in [-0.3, -0.25) is 14.9 Å². The average molecular weight is 420 g/mol. The summed E-state index contributed by atoms with van der Waals surface area (Å²) in [6, 6.07) is 11.7. The van der Waals surface area contributed by atoms with Gasteiger partial charge in [-0.15, -0.1) is 0 Å². The first-order chi connectivity index (χ1) is 13.4. The van der Waals surface area contributed by atoms with Crippen molar-refractivity contribution in [3.63, 3.8) is 0 Å². The minimum Gasteiger partial charge on any atom is -0.494 e. The Kier molecular flexibility index (Phi) is 8.22. The maximum Gasteiger partial charge on any atom is 0.257 e. The fourth-order valence-electron chi connectivity index (χ4n) is 2.35. The molecule has 0 aliphatic heterocycles. The fourth-order valence-corrected chi connectivity index (χ4v) is 2.71. The molecule has 0 aliphatic rings. The Balaban J connectivity index is 1.99. The van der Waals surface area contributed by atoms with E-state index in [0.29, 0.717) is 40.7 Å². The van der Waals surface area contributed by atoms with E-state index < -0.39 is 0 Å². The molecule has 0 saturated heterocycles. The van der Waals surface area contributed by atoms with Crippen molar-refractivity contribution in [1.29, 1.82) is 0 Å². The van der Waals surface area contributed by atoms with E-state index in [-0.39, 0.29) is 16.9 Å².